The minimum atomic E-state index is -0.344. The fraction of sp³-hybridized carbons (Fsp3) is 1.00. The molecule has 2 heteroatoms. The van der Waals surface area contributed by atoms with Gasteiger partial charge in [-0.15, -0.1) is 0 Å². The Balaban J connectivity index is 1.98. The van der Waals surface area contributed by atoms with E-state index >= 15 is 0 Å². The summed E-state index contributed by atoms with van der Waals surface area (Å²) in [5.41, 5.74) is 0.166. The zero-order valence-corrected chi connectivity index (χ0v) is 20.4. The van der Waals surface area contributed by atoms with Crippen LogP contribution in [-0.4, -0.2) is 19.0 Å². The SMILES string of the molecule is CC(C)CCCCCC(C)CCCC(C)CCCCC1(C)OCC(C)(C)CO1. The Kier molecular flexibility index (Phi) is 12.3. The Labute approximate surface area is 177 Å². The summed E-state index contributed by atoms with van der Waals surface area (Å²) < 4.78 is 12.0. The van der Waals surface area contributed by atoms with Crippen molar-refractivity contribution >= 4 is 0 Å². The van der Waals surface area contributed by atoms with Gasteiger partial charge in [-0.1, -0.05) is 106 Å². The summed E-state index contributed by atoms with van der Waals surface area (Å²) in [4.78, 5) is 0. The molecule has 0 amide bonds. The smallest absolute Gasteiger partial charge is 0.165 e. The Hall–Kier alpha value is -0.0800. The summed E-state index contributed by atoms with van der Waals surface area (Å²) in [5.74, 6) is 2.30. The zero-order valence-electron chi connectivity index (χ0n) is 20.4. The lowest BCUT2D eigenvalue weighted by Crippen LogP contribution is -2.45. The number of hydrogen-bond donors (Lipinski definition) is 0. The molecule has 28 heavy (non-hydrogen) atoms. The fourth-order valence-electron chi connectivity index (χ4n) is 4.19. The molecule has 1 heterocycles. The van der Waals surface area contributed by atoms with E-state index in [9.17, 15) is 0 Å². The van der Waals surface area contributed by atoms with Crippen LogP contribution in [0.25, 0.3) is 0 Å². The summed E-state index contributed by atoms with van der Waals surface area (Å²) >= 11 is 0. The third kappa shape index (κ3) is 12.5. The lowest BCUT2D eigenvalue weighted by molar-refractivity contribution is -0.292. The van der Waals surface area contributed by atoms with Crippen molar-refractivity contribution in [2.45, 2.75) is 131 Å². The van der Waals surface area contributed by atoms with E-state index in [0.717, 1.165) is 37.4 Å². The van der Waals surface area contributed by atoms with Gasteiger partial charge in [0.15, 0.2) is 5.79 Å². The van der Waals surface area contributed by atoms with Gasteiger partial charge in [-0.25, -0.2) is 0 Å². The van der Waals surface area contributed by atoms with Crippen LogP contribution in [0.2, 0.25) is 0 Å². The van der Waals surface area contributed by atoms with Crippen molar-refractivity contribution in [2.75, 3.05) is 13.2 Å². The maximum Gasteiger partial charge on any atom is 0.165 e. The Morgan fingerprint density at radius 1 is 0.607 bits per heavy atom. The molecule has 0 aliphatic carbocycles. The summed E-state index contributed by atoms with van der Waals surface area (Å²) in [6.07, 6.45) is 16.3. The first-order valence-electron chi connectivity index (χ1n) is 12.4. The van der Waals surface area contributed by atoms with Gasteiger partial charge < -0.3 is 9.47 Å². The molecule has 0 spiro atoms. The monoisotopic (exact) mass is 396 g/mol. The zero-order chi connectivity index (χ0) is 21.0. The molecule has 2 nitrogen and oxygen atoms in total. The molecule has 1 fully saturated rings. The van der Waals surface area contributed by atoms with Crippen LogP contribution in [0.4, 0.5) is 0 Å². The van der Waals surface area contributed by atoms with Gasteiger partial charge in [-0.05, 0) is 31.1 Å². The normalized spacial score (nSPS) is 21.0. The second-order valence-electron chi connectivity index (χ2n) is 11.3. The van der Waals surface area contributed by atoms with Crippen molar-refractivity contribution < 1.29 is 9.47 Å². The molecule has 0 bridgehead atoms. The quantitative estimate of drug-likeness (QED) is 0.259. The molecule has 168 valence electrons. The van der Waals surface area contributed by atoms with Gasteiger partial charge in [-0.2, -0.15) is 0 Å². The van der Waals surface area contributed by atoms with Crippen LogP contribution in [0.1, 0.15) is 126 Å². The maximum absolute atomic E-state index is 6.02. The van der Waals surface area contributed by atoms with Crippen molar-refractivity contribution in [1.29, 1.82) is 0 Å². The molecule has 1 saturated heterocycles. The molecule has 0 aromatic heterocycles. The van der Waals surface area contributed by atoms with E-state index < -0.39 is 0 Å². The molecule has 1 rings (SSSR count). The number of ether oxygens (including phenoxy) is 2. The van der Waals surface area contributed by atoms with Crippen LogP contribution >= 0.6 is 0 Å². The van der Waals surface area contributed by atoms with Crippen molar-refractivity contribution in [2.24, 2.45) is 23.2 Å². The van der Waals surface area contributed by atoms with Gasteiger partial charge in [-0.3, -0.25) is 0 Å². The first kappa shape index (κ1) is 26.0. The molecule has 2 atom stereocenters. The first-order chi connectivity index (χ1) is 13.1. The van der Waals surface area contributed by atoms with Crippen molar-refractivity contribution in [1.82, 2.24) is 0 Å². The first-order valence-corrected chi connectivity index (χ1v) is 12.4. The summed E-state index contributed by atoms with van der Waals surface area (Å²) in [6.45, 7) is 17.7. The summed E-state index contributed by atoms with van der Waals surface area (Å²) in [5, 5.41) is 0. The minimum absolute atomic E-state index is 0.166. The Morgan fingerprint density at radius 3 is 1.61 bits per heavy atom. The van der Waals surface area contributed by atoms with E-state index in [4.69, 9.17) is 9.47 Å². The van der Waals surface area contributed by atoms with Crippen molar-refractivity contribution in [3.8, 4) is 0 Å². The predicted molar refractivity (Wildman–Crippen MR) is 123 cm³/mol. The van der Waals surface area contributed by atoms with Gasteiger partial charge in [0.05, 0.1) is 13.2 Å². The molecule has 0 N–H and O–H groups in total. The van der Waals surface area contributed by atoms with Crippen LogP contribution in [-0.2, 0) is 9.47 Å². The Bertz CT molecular complexity index is 378. The molecular weight excluding hydrogens is 344 g/mol. The topological polar surface area (TPSA) is 18.5 Å². The maximum atomic E-state index is 6.02. The van der Waals surface area contributed by atoms with E-state index in [1.165, 1.54) is 70.6 Å². The number of rotatable bonds is 15. The molecule has 0 saturated carbocycles. The lowest BCUT2D eigenvalue weighted by Gasteiger charge is -2.41. The minimum Gasteiger partial charge on any atom is -0.350 e. The van der Waals surface area contributed by atoms with E-state index in [0.29, 0.717) is 0 Å². The molecule has 0 radical (unpaired) electrons. The molecule has 2 unspecified atom stereocenters. The van der Waals surface area contributed by atoms with Gasteiger partial charge in [0.1, 0.15) is 0 Å². The molecular formula is C26H52O2. The van der Waals surface area contributed by atoms with Crippen LogP contribution in [0, 0.1) is 23.2 Å². The second-order valence-corrected chi connectivity index (χ2v) is 11.3. The second kappa shape index (κ2) is 13.3. The molecule has 0 aromatic rings. The highest BCUT2D eigenvalue weighted by Gasteiger charge is 2.36. The van der Waals surface area contributed by atoms with E-state index in [2.05, 4.69) is 48.5 Å². The van der Waals surface area contributed by atoms with Crippen molar-refractivity contribution in [3.05, 3.63) is 0 Å². The van der Waals surface area contributed by atoms with E-state index in [1.807, 2.05) is 0 Å². The predicted octanol–water partition coefficient (Wildman–Crippen LogP) is 8.39. The fourth-order valence-corrected chi connectivity index (χ4v) is 4.19. The van der Waals surface area contributed by atoms with Gasteiger partial charge in [0, 0.05) is 11.8 Å². The number of unbranched alkanes of at least 4 members (excludes halogenated alkanes) is 3. The third-order valence-electron chi connectivity index (χ3n) is 6.49. The van der Waals surface area contributed by atoms with Crippen LogP contribution < -0.4 is 0 Å². The highest BCUT2D eigenvalue weighted by Crippen LogP contribution is 2.32. The average Bonchev–Trinajstić information content (AvgIpc) is 2.61. The van der Waals surface area contributed by atoms with Gasteiger partial charge >= 0.3 is 0 Å². The van der Waals surface area contributed by atoms with Crippen molar-refractivity contribution in [3.63, 3.8) is 0 Å². The largest absolute Gasteiger partial charge is 0.350 e. The lowest BCUT2D eigenvalue weighted by atomic mass is 9.91. The molecule has 1 aliphatic heterocycles. The van der Waals surface area contributed by atoms with Crippen LogP contribution in [0.3, 0.4) is 0 Å². The highest BCUT2D eigenvalue weighted by molar-refractivity contribution is 4.77. The standard InChI is InChI=1S/C26H52O2/c1-22(2)14-9-8-10-15-23(3)17-13-18-24(4)16-11-12-19-26(7)27-20-25(5,6)21-28-26/h22-24H,8-21H2,1-7H3. The number of hydrogen-bond acceptors (Lipinski definition) is 2. The molecule has 1 aliphatic rings. The molecule has 0 aromatic carbocycles. The van der Waals surface area contributed by atoms with Gasteiger partial charge in [0.2, 0.25) is 0 Å². The van der Waals surface area contributed by atoms with Crippen LogP contribution in [0.5, 0.6) is 0 Å². The summed E-state index contributed by atoms with van der Waals surface area (Å²) in [7, 11) is 0. The van der Waals surface area contributed by atoms with E-state index in [-0.39, 0.29) is 11.2 Å². The summed E-state index contributed by atoms with van der Waals surface area (Å²) in [6, 6.07) is 0. The van der Waals surface area contributed by atoms with E-state index in [1.54, 1.807) is 0 Å². The Morgan fingerprint density at radius 2 is 1.07 bits per heavy atom. The van der Waals surface area contributed by atoms with Gasteiger partial charge in [0.25, 0.3) is 0 Å². The highest BCUT2D eigenvalue weighted by atomic mass is 16.7. The van der Waals surface area contributed by atoms with Crippen LogP contribution in [0.15, 0.2) is 0 Å². The average molecular weight is 397 g/mol. The third-order valence-corrected chi connectivity index (χ3v) is 6.49.